The van der Waals surface area contributed by atoms with Gasteiger partial charge in [-0.3, -0.25) is 0 Å². The van der Waals surface area contributed by atoms with E-state index >= 15 is 0 Å². The van der Waals surface area contributed by atoms with E-state index in [1.165, 1.54) is 71.5 Å². The van der Waals surface area contributed by atoms with Crippen molar-refractivity contribution >= 4 is 54.7 Å². The van der Waals surface area contributed by atoms with E-state index in [4.69, 9.17) is 0 Å². The lowest BCUT2D eigenvalue weighted by atomic mass is 9.83. The van der Waals surface area contributed by atoms with Crippen LogP contribution in [-0.2, 0) is 7.05 Å². The Labute approximate surface area is 208 Å². The van der Waals surface area contributed by atoms with Gasteiger partial charge < -0.3 is 8.97 Å². The van der Waals surface area contributed by atoms with E-state index in [1.807, 2.05) is 0 Å². The number of pyridine rings is 1. The molecule has 7 aromatic rings. The number of allylic oxidation sites excluding steroid dienone is 4. The summed E-state index contributed by atoms with van der Waals surface area (Å²) in [6.45, 7) is 2.27. The number of aromatic nitrogens is 3. The molecule has 0 fully saturated rings. The number of rotatable bonds is 1. The maximum Gasteiger partial charge on any atom is 0.212 e. The Morgan fingerprint density at radius 1 is 0.667 bits per heavy atom. The Bertz CT molecular complexity index is 2130. The monoisotopic (exact) mass is 462 g/mol. The lowest BCUT2D eigenvalue weighted by Crippen LogP contribution is -2.33. The van der Waals surface area contributed by atoms with Gasteiger partial charge in [0, 0.05) is 45.2 Å². The second-order valence-corrected chi connectivity index (χ2v) is 10.5. The molecule has 4 aromatic heterocycles. The molecule has 2 unspecified atom stereocenters. The van der Waals surface area contributed by atoms with Crippen LogP contribution in [0.3, 0.4) is 0 Å². The fraction of sp³-hybridized carbons (Fsp3) is 0.121. The van der Waals surface area contributed by atoms with Crippen molar-refractivity contribution in [1.82, 2.24) is 8.97 Å². The van der Waals surface area contributed by atoms with Crippen molar-refractivity contribution in [1.29, 1.82) is 0 Å². The van der Waals surface area contributed by atoms with Gasteiger partial charge in [0.25, 0.3) is 0 Å². The van der Waals surface area contributed by atoms with Crippen LogP contribution in [0.4, 0.5) is 0 Å². The second kappa shape index (κ2) is 6.24. The molecule has 0 N–H and O–H groups in total. The van der Waals surface area contributed by atoms with Crippen molar-refractivity contribution in [2.75, 3.05) is 0 Å². The highest BCUT2D eigenvalue weighted by atomic mass is 15.1. The van der Waals surface area contributed by atoms with Crippen LogP contribution in [-0.4, -0.2) is 8.97 Å². The van der Waals surface area contributed by atoms with Crippen LogP contribution in [0.25, 0.3) is 54.7 Å². The van der Waals surface area contributed by atoms with E-state index in [9.17, 15) is 0 Å². The van der Waals surface area contributed by atoms with Crippen molar-refractivity contribution in [2.45, 2.75) is 18.9 Å². The number of aryl methyl sites for hydroxylation is 1. The van der Waals surface area contributed by atoms with Crippen LogP contribution < -0.4 is 4.57 Å². The van der Waals surface area contributed by atoms with Crippen LogP contribution in [0.15, 0.2) is 103 Å². The number of nitrogens with zero attached hydrogens (tertiary/aromatic N) is 3. The average Bonchev–Trinajstić information content (AvgIpc) is 3.61. The molecule has 0 saturated heterocycles. The molecule has 1 aliphatic heterocycles. The quantitative estimate of drug-likeness (QED) is 0.227. The smallest absolute Gasteiger partial charge is 0.212 e. The molecule has 9 rings (SSSR count). The summed E-state index contributed by atoms with van der Waals surface area (Å²) in [6, 6.07) is 29.4. The van der Waals surface area contributed by atoms with Crippen LogP contribution in [0, 0.1) is 0 Å². The predicted octanol–water partition coefficient (Wildman–Crippen LogP) is 7.30. The van der Waals surface area contributed by atoms with Crippen LogP contribution in [0.1, 0.15) is 30.1 Å². The Morgan fingerprint density at radius 3 is 2.31 bits per heavy atom. The summed E-state index contributed by atoms with van der Waals surface area (Å²) in [5.41, 5.74) is 12.2. The van der Waals surface area contributed by atoms with E-state index in [-0.39, 0.29) is 6.04 Å². The molecule has 0 spiro atoms. The summed E-state index contributed by atoms with van der Waals surface area (Å²) >= 11 is 0. The van der Waals surface area contributed by atoms with Gasteiger partial charge in [-0.05, 0) is 30.2 Å². The Balaban J connectivity index is 1.43. The molecule has 0 amide bonds. The van der Waals surface area contributed by atoms with Crippen molar-refractivity contribution in [2.24, 2.45) is 7.05 Å². The van der Waals surface area contributed by atoms with E-state index in [2.05, 4.69) is 125 Å². The van der Waals surface area contributed by atoms with Gasteiger partial charge in [-0.2, -0.15) is 0 Å². The van der Waals surface area contributed by atoms with Gasteiger partial charge in [0.2, 0.25) is 5.69 Å². The minimum atomic E-state index is 0.289. The van der Waals surface area contributed by atoms with Gasteiger partial charge in [0.05, 0.1) is 33.6 Å². The first-order valence-corrected chi connectivity index (χ1v) is 12.8. The molecule has 36 heavy (non-hydrogen) atoms. The van der Waals surface area contributed by atoms with Crippen LogP contribution in [0.2, 0.25) is 0 Å². The van der Waals surface area contributed by atoms with E-state index in [0.29, 0.717) is 5.92 Å². The maximum atomic E-state index is 2.66. The molecule has 0 bridgehead atoms. The third-order valence-corrected chi connectivity index (χ3v) is 8.75. The van der Waals surface area contributed by atoms with Gasteiger partial charge in [-0.25, -0.2) is 4.57 Å². The first-order chi connectivity index (χ1) is 17.7. The third-order valence-electron chi connectivity index (χ3n) is 8.75. The van der Waals surface area contributed by atoms with Gasteiger partial charge in [-0.15, -0.1) is 0 Å². The zero-order valence-electron chi connectivity index (χ0n) is 20.2. The molecular formula is C33H24N3+. The standard InChI is InChI=1S/C33H24N3/c1-19-17-29-26(18-25(19)27-14-5-6-16-34(27)2)22-11-8-13-24-31(22)36(29)33-23-12-7-10-21-20-9-3-4-15-28(20)35(30(21)23)32(24)33/h3-18,26,29H,1-2H3/q+1. The Hall–Kier alpha value is -4.37. The minimum absolute atomic E-state index is 0.289. The molecule has 0 saturated carbocycles. The van der Waals surface area contributed by atoms with Crippen molar-refractivity contribution < 1.29 is 4.57 Å². The summed E-state index contributed by atoms with van der Waals surface area (Å²) < 4.78 is 7.42. The lowest BCUT2D eigenvalue weighted by Gasteiger charge is -2.24. The highest BCUT2D eigenvalue weighted by molar-refractivity contribution is 6.27. The molecule has 5 heterocycles. The van der Waals surface area contributed by atoms with Crippen molar-refractivity contribution in [3.63, 3.8) is 0 Å². The zero-order valence-corrected chi connectivity index (χ0v) is 20.2. The summed E-state index contributed by atoms with van der Waals surface area (Å²) in [5.74, 6) is 0.337. The van der Waals surface area contributed by atoms with Gasteiger partial charge in [0.15, 0.2) is 6.20 Å². The summed E-state index contributed by atoms with van der Waals surface area (Å²) in [4.78, 5) is 0. The first-order valence-electron chi connectivity index (χ1n) is 12.8. The number of fused-ring (bicyclic) bond motifs is 11. The molecule has 170 valence electrons. The largest absolute Gasteiger partial charge is 0.330 e. The first kappa shape index (κ1) is 18.9. The summed E-state index contributed by atoms with van der Waals surface area (Å²) in [7, 11) is 2.14. The van der Waals surface area contributed by atoms with E-state index in [0.717, 1.165) is 0 Å². The fourth-order valence-electron chi connectivity index (χ4n) is 7.33. The molecule has 3 aromatic carbocycles. The maximum absolute atomic E-state index is 2.66. The number of para-hydroxylation sites is 3. The molecule has 3 nitrogen and oxygen atoms in total. The number of hydrogen-bond donors (Lipinski definition) is 0. The summed E-state index contributed by atoms with van der Waals surface area (Å²) in [6.07, 6.45) is 7.17. The van der Waals surface area contributed by atoms with E-state index in [1.54, 1.807) is 0 Å². The second-order valence-electron chi connectivity index (χ2n) is 10.5. The molecule has 0 radical (unpaired) electrons. The fourth-order valence-corrected chi connectivity index (χ4v) is 7.33. The molecule has 2 aliphatic rings. The minimum Gasteiger partial charge on any atom is -0.330 e. The van der Waals surface area contributed by atoms with E-state index < -0.39 is 0 Å². The van der Waals surface area contributed by atoms with Gasteiger partial charge >= 0.3 is 0 Å². The van der Waals surface area contributed by atoms with Gasteiger partial charge in [0.1, 0.15) is 7.05 Å². The highest BCUT2D eigenvalue weighted by Gasteiger charge is 2.39. The topological polar surface area (TPSA) is 13.2 Å². The summed E-state index contributed by atoms with van der Waals surface area (Å²) in [5, 5.41) is 5.41. The Morgan fingerprint density at radius 2 is 1.42 bits per heavy atom. The lowest BCUT2D eigenvalue weighted by molar-refractivity contribution is -0.673. The molecule has 1 aliphatic carbocycles. The zero-order chi connectivity index (χ0) is 23.7. The molecular weight excluding hydrogens is 438 g/mol. The van der Waals surface area contributed by atoms with Gasteiger partial charge in [-0.1, -0.05) is 66.7 Å². The highest BCUT2D eigenvalue weighted by Crippen LogP contribution is 2.54. The van der Waals surface area contributed by atoms with Crippen LogP contribution in [0.5, 0.6) is 0 Å². The van der Waals surface area contributed by atoms with Crippen molar-refractivity contribution in [3.05, 3.63) is 114 Å². The average molecular weight is 463 g/mol. The number of hydrogen-bond acceptors (Lipinski definition) is 0. The predicted molar refractivity (Wildman–Crippen MR) is 148 cm³/mol. The molecule has 2 atom stereocenters. The normalized spacial score (nSPS) is 19.2. The van der Waals surface area contributed by atoms with Crippen LogP contribution >= 0.6 is 0 Å². The SMILES string of the molecule is CC1=CC2C(C=C1c1cccc[n+]1C)c1cccc3c1n2c1c2cccc4c5ccccc5n(c42)c31. The Kier molecular flexibility index (Phi) is 3.28. The third kappa shape index (κ3) is 2.02. The van der Waals surface area contributed by atoms with Crippen molar-refractivity contribution in [3.8, 4) is 0 Å². The number of benzene rings is 3. The molecule has 3 heteroatoms.